The van der Waals surface area contributed by atoms with Gasteiger partial charge in [-0.2, -0.15) is 5.21 Å². The minimum Gasteiger partial charge on any atom is -0.365 e. The summed E-state index contributed by atoms with van der Waals surface area (Å²) in [5, 5.41) is 26.6. The van der Waals surface area contributed by atoms with Crippen molar-refractivity contribution in [2.75, 3.05) is 7.05 Å². The number of aromatic nitrogens is 4. The summed E-state index contributed by atoms with van der Waals surface area (Å²) in [7, 11) is 1.64. The molecule has 2 rings (SSSR count). The van der Waals surface area contributed by atoms with Crippen LogP contribution in [0.4, 0.5) is 0 Å². The topological polar surface area (TPSA) is 86.7 Å². The predicted molar refractivity (Wildman–Crippen MR) is 57.4 cm³/mol. The minimum absolute atomic E-state index is 0.193. The van der Waals surface area contributed by atoms with Gasteiger partial charge in [0.05, 0.1) is 0 Å². The molecule has 0 aliphatic carbocycles. The fourth-order valence-electron chi connectivity index (χ4n) is 1.50. The molecular weight excluding hydrogens is 206 g/mol. The number of aromatic amines is 1. The van der Waals surface area contributed by atoms with E-state index in [0.717, 1.165) is 5.56 Å². The molecule has 0 fully saturated rings. The molecule has 0 saturated heterocycles. The Morgan fingerprint density at radius 3 is 2.50 bits per heavy atom. The molecule has 3 N–H and O–H groups in total. The van der Waals surface area contributed by atoms with Crippen molar-refractivity contribution in [2.45, 2.75) is 12.6 Å². The smallest absolute Gasteiger partial charge is 0.225 e. The number of hydrogen-bond acceptors (Lipinski definition) is 5. The summed E-state index contributed by atoms with van der Waals surface area (Å²) < 4.78 is 0. The second-order valence-electron chi connectivity index (χ2n) is 3.56. The molecule has 1 atom stereocenters. The van der Waals surface area contributed by atoms with Crippen LogP contribution in [0, 0.1) is 6.92 Å². The highest BCUT2D eigenvalue weighted by molar-refractivity contribution is 5.30. The maximum Gasteiger partial charge on any atom is 0.225 e. The molecule has 6 heteroatoms. The summed E-state index contributed by atoms with van der Waals surface area (Å²) in [5.74, 6) is 0.193. The van der Waals surface area contributed by atoms with Gasteiger partial charge in [-0.15, -0.1) is 10.2 Å². The van der Waals surface area contributed by atoms with Crippen molar-refractivity contribution >= 4 is 0 Å². The van der Waals surface area contributed by atoms with E-state index in [0.29, 0.717) is 5.56 Å². The maximum atomic E-state index is 10.4. The Morgan fingerprint density at radius 2 is 2.00 bits per heavy atom. The van der Waals surface area contributed by atoms with Crippen LogP contribution in [0.2, 0.25) is 0 Å². The van der Waals surface area contributed by atoms with E-state index in [9.17, 15) is 5.11 Å². The largest absolute Gasteiger partial charge is 0.365 e. The van der Waals surface area contributed by atoms with Gasteiger partial charge in [0, 0.05) is 5.56 Å². The van der Waals surface area contributed by atoms with E-state index in [4.69, 9.17) is 0 Å². The number of rotatable bonds is 3. The summed E-state index contributed by atoms with van der Waals surface area (Å²) in [6, 6.07) is 7.47. The van der Waals surface area contributed by atoms with Gasteiger partial charge in [-0.1, -0.05) is 29.8 Å². The van der Waals surface area contributed by atoms with Crippen LogP contribution in [0.1, 0.15) is 17.0 Å². The third kappa shape index (κ3) is 1.68. The number of benzene rings is 1. The van der Waals surface area contributed by atoms with Crippen molar-refractivity contribution in [1.82, 2.24) is 25.9 Å². The van der Waals surface area contributed by atoms with Crippen molar-refractivity contribution in [3.63, 3.8) is 0 Å². The van der Waals surface area contributed by atoms with E-state index in [1.165, 1.54) is 0 Å². The fraction of sp³-hybridized carbons (Fsp3) is 0.300. The first-order valence-corrected chi connectivity index (χ1v) is 4.89. The summed E-state index contributed by atoms with van der Waals surface area (Å²) in [5.41, 5.74) is 0.373. The zero-order valence-electron chi connectivity index (χ0n) is 9.10. The molecule has 0 bridgehead atoms. The van der Waals surface area contributed by atoms with Crippen LogP contribution in [0.25, 0.3) is 0 Å². The van der Waals surface area contributed by atoms with E-state index in [1.54, 1.807) is 7.05 Å². The second kappa shape index (κ2) is 3.99. The van der Waals surface area contributed by atoms with Gasteiger partial charge in [0.25, 0.3) is 0 Å². The van der Waals surface area contributed by atoms with Crippen LogP contribution in [-0.2, 0) is 5.72 Å². The Balaban J connectivity index is 2.46. The van der Waals surface area contributed by atoms with Gasteiger partial charge in [-0.3, -0.25) is 5.32 Å². The summed E-state index contributed by atoms with van der Waals surface area (Å²) >= 11 is 0. The van der Waals surface area contributed by atoms with Crippen molar-refractivity contribution < 1.29 is 5.11 Å². The van der Waals surface area contributed by atoms with Gasteiger partial charge in [0.1, 0.15) is 0 Å². The molecule has 0 amide bonds. The van der Waals surface area contributed by atoms with Crippen LogP contribution in [0.5, 0.6) is 0 Å². The first-order chi connectivity index (χ1) is 7.66. The van der Waals surface area contributed by atoms with Crippen LogP contribution < -0.4 is 5.32 Å². The van der Waals surface area contributed by atoms with Crippen molar-refractivity contribution in [1.29, 1.82) is 0 Å². The summed E-state index contributed by atoms with van der Waals surface area (Å²) in [6.45, 7) is 1.98. The van der Waals surface area contributed by atoms with E-state index >= 15 is 0 Å². The van der Waals surface area contributed by atoms with Crippen LogP contribution >= 0.6 is 0 Å². The zero-order chi connectivity index (χ0) is 11.6. The fourth-order valence-corrected chi connectivity index (χ4v) is 1.50. The molecule has 0 aliphatic heterocycles. The highest BCUT2D eigenvalue weighted by Gasteiger charge is 2.34. The van der Waals surface area contributed by atoms with Crippen molar-refractivity contribution in [2.24, 2.45) is 0 Å². The molecule has 1 aromatic carbocycles. The van der Waals surface area contributed by atoms with Crippen LogP contribution in [-0.4, -0.2) is 32.8 Å². The van der Waals surface area contributed by atoms with Gasteiger partial charge >= 0.3 is 0 Å². The molecule has 84 valence electrons. The number of H-pyrrole nitrogens is 1. The summed E-state index contributed by atoms with van der Waals surface area (Å²) in [4.78, 5) is 0. The molecule has 0 aliphatic rings. The average molecular weight is 219 g/mol. The average Bonchev–Trinajstić information content (AvgIpc) is 2.83. The Kier molecular flexibility index (Phi) is 2.67. The van der Waals surface area contributed by atoms with E-state index in [2.05, 4.69) is 25.9 Å². The SMILES string of the molecule is CNC(O)(c1ccc(C)cc1)c1nn[nH]n1. The lowest BCUT2D eigenvalue weighted by Crippen LogP contribution is -2.42. The molecular formula is C10H13N5O. The molecule has 0 spiro atoms. The normalized spacial score (nSPS) is 14.7. The molecule has 0 radical (unpaired) electrons. The maximum absolute atomic E-state index is 10.4. The molecule has 6 nitrogen and oxygen atoms in total. The summed E-state index contributed by atoms with van der Waals surface area (Å²) in [6.07, 6.45) is 0. The van der Waals surface area contributed by atoms with Gasteiger partial charge in [-0.05, 0) is 19.2 Å². The highest BCUT2D eigenvalue weighted by atomic mass is 16.3. The van der Waals surface area contributed by atoms with Crippen LogP contribution in [0.3, 0.4) is 0 Å². The number of aliphatic hydroxyl groups is 1. The lowest BCUT2D eigenvalue weighted by molar-refractivity contribution is 0.0423. The molecule has 2 aromatic rings. The molecule has 1 heterocycles. The lowest BCUT2D eigenvalue weighted by atomic mass is 10.0. The third-order valence-corrected chi connectivity index (χ3v) is 2.50. The lowest BCUT2D eigenvalue weighted by Gasteiger charge is -2.24. The number of aryl methyl sites for hydroxylation is 1. The monoisotopic (exact) mass is 219 g/mol. The molecule has 16 heavy (non-hydrogen) atoms. The molecule has 1 aromatic heterocycles. The first-order valence-electron chi connectivity index (χ1n) is 4.89. The number of nitrogens with zero attached hydrogens (tertiary/aromatic N) is 3. The second-order valence-corrected chi connectivity index (χ2v) is 3.56. The Hall–Kier alpha value is -1.79. The highest BCUT2D eigenvalue weighted by Crippen LogP contribution is 2.22. The minimum atomic E-state index is -1.42. The predicted octanol–water partition coefficient (Wildman–Crippen LogP) is -0.0791. The Labute approximate surface area is 92.7 Å². The number of hydrogen-bond donors (Lipinski definition) is 3. The molecule has 0 saturated carbocycles. The van der Waals surface area contributed by atoms with E-state index in [-0.39, 0.29) is 5.82 Å². The first kappa shape index (κ1) is 10.7. The molecule has 1 unspecified atom stereocenters. The van der Waals surface area contributed by atoms with Gasteiger partial charge in [-0.25, -0.2) is 0 Å². The van der Waals surface area contributed by atoms with Gasteiger partial charge < -0.3 is 5.11 Å². The zero-order valence-corrected chi connectivity index (χ0v) is 9.10. The van der Waals surface area contributed by atoms with Crippen molar-refractivity contribution in [3.8, 4) is 0 Å². The van der Waals surface area contributed by atoms with E-state index < -0.39 is 5.72 Å². The van der Waals surface area contributed by atoms with Gasteiger partial charge in [0.2, 0.25) is 11.5 Å². The van der Waals surface area contributed by atoms with Crippen LogP contribution in [0.15, 0.2) is 24.3 Å². The standard InChI is InChI=1S/C10H13N5O/c1-7-3-5-8(6-4-7)10(16,11-2)9-12-14-15-13-9/h3-6,11,16H,1-2H3,(H,12,13,14,15). The Morgan fingerprint density at radius 1 is 1.31 bits per heavy atom. The Bertz CT molecular complexity index is 453. The van der Waals surface area contributed by atoms with E-state index in [1.807, 2.05) is 31.2 Å². The van der Waals surface area contributed by atoms with Crippen molar-refractivity contribution in [3.05, 3.63) is 41.2 Å². The quantitative estimate of drug-likeness (QED) is 0.629. The third-order valence-electron chi connectivity index (χ3n) is 2.50. The van der Waals surface area contributed by atoms with Gasteiger partial charge in [0.15, 0.2) is 0 Å². The number of nitrogens with one attached hydrogen (secondary N) is 2. The number of tetrazole rings is 1.